The molecule has 1 aliphatic rings. The molecule has 0 radical (unpaired) electrons. The molecule has 0 amide bonds. The Hall–Kier alpha value is -2.07. The number of para-hydroxylation sites is 1. The van der Waals surface area contributed by atoms with Gasteiger partial charge in [-0.2, -0.15) is 0 Å². The second kappa shape index (κ2) is 5.13. The van der Waals surface area contributed by atoms with Crippen molar-refractivity contribution in [3.63, 3.8) is 0 Å². The van der Waals surface area contributed by atoms with Crippen LogP contribution in [0.15, 0.2) is 42.5 Å². The highest BCUT2D eigenvalue weighted by molar-refractivity contribution is 5.39. The normalized spacial score (nSPS) is 20.9. The number of nitrogens with two attached hydrogens (primary N) is 1. The van der Waals surface area contributed by atoms with Crippen LogP contribution in [-0.2, 0) is 0 Å². The van der Waals surface area contributed by atoms with E-state index in [0.717, 1.165) is 16.9 Å². The quantitative estimate of drug-likeness (QED) is 0.915. The Balaban J connectivity index is 1.84. The minimum atomic E-state index is -0.328. The van der Waals surface area contributed by atoms with Crippen LogP contribution in [0.2, 0.25) is 0 Å². The van der Waals surface area contributed by atoms with E-state index in [1.54, 1.807) is 6.07 Å². The second-order valence-corrected chi connectivity index (χ2v) is 4.94. The van der Waals surface area contributed by atoms with Gasteiger partial charge in [0.15, 0.2) is 6.10 Å². The monoisotopic (exact) mass is 273 g/mol. The molecule has 104 valence electrons. The summed E-state index contributed by atoms with van der Waals surface area (Å²) in [5, 5.41) is 0. The molecule has 0 aromatic heterocycles. The van der Waals surface area contributed by atoms with Crippen molar-refractivity contribution in [1.29, 1.82) is 0 Å². The number of hydrogen-bond donors (Lipinski definition) is 1. The number of hydrogen-bond acceptors (Lipinski definition) is 3. The van der Waals surface area contributed by atoms with Gasteiger partial charge in [-0.25, -0.2) is 4.39 Å². The first kappa shape index (κ1) is 12.9. The van der Waals surface area contributed by atoms with E-state index in [-0.39, 0.29) is 18.0 Å². The summed E-state index contributed by atoms with van der Waals surface area (Å²) >= 11 is 0. The molecule has 2 atom stereocenters. The molecular formula is C16H16FNO2. The van der Waals surface area contributed by atoms with Gasteiger partial charge in [0.05, 0.1) is 6.04 Å². The number of ether oxygens (including phenoxy) is 2. The van der Waals surface area contributed by atoms with Gasteiger partial charge in [-0.05, 0) is 24.6 Å². The number of rotatable bonds is 2. The molecule has 1 aliphatic heterocycles. The van der Waals surface area contributed by atoms with Gasteiger partial charge in [-0.15, -0.1) is 0 Å². The molecule has 4 heteroatoms. The largest absolute Gasteiger partial charge is 0.489 e. The van der Waals surface area contributed by atoms with Crippen molar-refractivity contribution in [2.45, 2.75) is 19.1 Å². The van der Waals surface area contributed by atoms with Crippen LogP contribution in [0.25, 0.3) is 0 Å². The van der Waals surface area contributed by atoms with E-state index in [0.29, 0.717) is 12.4 Å². The highest BCUT2D eigenvalue weighted by atomic mass is 19.1. The zero-order chi connectivity index (χ0) is 14.1. The molecular weight excluding hydrogens is 257 g/mol. The summed E-state index contributed by atoms with van der Waals surface area (Å²) < 4.78 is 24.8. The zero-order valence-corrected chi connectivity index (χ0v) is 11.2. The lowest BCUT2D eigenvalue weighted by atomic mass is 9.99. The number of halogens is 1. The Morgan fingerprint density at radius 3 is 2.90 bits per heavy atom. The van der Waals surface area contributed by atoms with Crippen LogP contribution in [0.4, 0.5) is 4.39 Å². The summed E-state index contributed by atoms with van der Waals surface area (Å²) in [6.07, 6.45) is -0.328. The van der Waals surface area contributed by atoms with Crippen LogP contribution in [0.1, 0.15) is 17.2 Å². The van der Waals surface area contributed by atoms with Gasteiger partial charge in [0.25, 0.3) is 0 Å². The van der Waals surface area contributed by atoms with Crippen LogP contribution < -0.4 is 15.2 Å². The van der Waals surface area contributed by atoms with Gasteiger partial charge in [-0.1, -0.05) is 24.3 Å². The third kappa shape index (κ3) is 2.34. The lowest BCUT2D eigenvalue weighted by Crippen LogP contribution is -2.40. The molecule has 2 aromatic carbocycles. The van der Waals surface area contributed by atoms with Crippen LogP contribution in [0, 0.1) is 12.7 Å². The van der Waals surface area contributed by atoms with E-state index in [9.17, 15) is 4.39 Å². The maximum atomic E-state index is 13.3. The van der Waals surface area contributed by atoms with E-state index < -0.39 is 0 Å². The highest BCUT2D eigenvalue weighted by Gasteiger charge is 2.29. The first-order chi connectivity index (χ1) is 9.65. The standard InChI is InChI=1S/C16H16FNO2/c1-10-6-7-11(17)8-14(10)20-15-9-19-13-5-3-2-4-12(13)16(15)18/h2-8,15-16H,9,18H2,1H3. The second-order valence-electron chi connectivity index (χ2n) is 4.94. The average Bonchev–Trinajstić information content (AvgIpc) is 2.46. The summed E-state index contributed by atoms with van der Waals surface area (Å²) in [5.74, 6) is 0.973. The molecule has 0 fully saturated rings. The maximum absolute atomic E-state index is 13.3. The fourth-order valence-corrected chi connectivity index (χ4v) is 2.33. The van der Waals surface area contributed by atoms with Gasteiger partial charge >= 0.3 is 0 Å². The van der Waals surface area contributed by atoms with E-state index in [1.165, 1.54) is 12.1 Å². The Morgan fingerprint density at radius 2 is 2.05 bits per heavy atom. The Morgan fingerprint density at radius 1 is 1.25 bits per heavy atom. The van der Waals surface area contributed by atoms with Crippen LogP contribution in [0.3, 0.4) is 0 Å². The molecule has 20 heavy (non-hydrogen) atoms. The minimum Gasteiger partial charge on any atom is -0.489 e. The van der Waals surface area contributed by atoms with E-state index in [1.807, 2.05) is 31.2 Å². The van der Waals surface area contributed by atoms with Crippen LogP contribution >= 0.6 is 0 Å². The zero-order valence-electron chi connectivity index (χ0n) is 11.2. The van der Waals surface area contributed by atoms with Crippen molar-refractivity contribution in [2.24, 2.45) is 5.73 Å². The van der Waals surface area contributed by atoms with Crippen molar-refractivity contribution in [2.75, 3.05) is 6.61 Å². The van der Waals surface area contributed by atoms with Gasteiger partial charge in [0.2, 0.25) is 0 Å². The van der Waals surface area contributed by atoms with Gasteiger partial charge < -0.3 is 15.2 Å². The topological polar surface area (TPSA) is 44.5 Å². The van der Waals surface area contributed by atoms with Crippen molar-refractivity contribution < 1.29 is 13.9 Å². The van der Waals surface area contributed by atoms with Crippen molar-refractivity contribution in [3.05, 3.63) is 59.4 Å². The predicted octanol–water partition coefficient (Wildman–Crippen LogP) is 2.97. The van der Waals surface area contributed by atoms with Crippen molar-refractivity contribution in [1.82, 2.24) is 0 Å². The summed E-state index contributed by atoms with van der Waals surface area (Å²) in [7, 11) is 0. The number of fused-ring (bicyclic) bond motifs is 1. The lowest BCUT2D eigenvalue weighted by Gasteiger charge is -2.31. The van der Waals surface area contributed by atoms with Crippen molar-refractivity contribution >= 4 is 0 Å². The van der Waals surface area contributed by atoms with Gasteiger partial charge in [-0.3, -0.25) is 0 Å². The third-order valence-corrected chi connectivity index (χ3v) is 3.51. The Labute approximate surface area is 117 Å². The lowest BCUT2D eigenvalue weighted by molar-refractivity contribution is 0.0869. The smallest absolute Gasteiger partial charge is 0.152 e. The molecule has 0 spiro atoms. The number of aryl methyl sites for hydroxylation is 1. The molecule has 2 unspecified atom stereocenters. The Kier molecular flexibility index (Phi) is 3.32. The fourth-order valence-electron chi connectivity index (χ4n) is 2.33. The minimum absolute atomic E-state index is 0.289. The van der Waals surface area contributed by atoms with Gasteiger partial charge in [0, 0.05) is 11.6 Å². The summed E-state index contributed by atoms with van der Waals surface area (Å²) in [4.78, 5) is 0. The van der Waals surface area contributed by atoms with E-state index in [2.05, 4.69) is 0 Å². The fraction of sp³-hybridized carbons (Fsp3) is 0.250. The number of benzene rings is 2. The average molecular weight is 273 g/mol. The summed E-state index contributed by atoms with van der Waals surface area (Å²) in [5.41, 5.74) is 8.02. The van der Waals surface area contributed by atoms with Crippen molar-refractivity contribution in [3.8, 4) is 11.5 Å². The van der Waals surface area contributed by atoms with Crippen LogP contribution in [-0.4, -0.2) is 12.7 Å². The SMILES string of the molecule is Cc1ccc(F)cc1OC1COc2ccccc2C1N. The summed E-state index contributed by atoms with van der Waals surface area (Å²) in [6, 6.07) is 11.8. The molecule has 3 rings (SSSR count). The molecule has 0 saturated heterocycles. The molecule has 0 saturated carbocycles. The highest BCUT2D eigenvalue weighted by Crippen LogP contribution is 2.33. The van der Waals surface area contributed by atoms with E-state index >= 15 is 0 Å². The molecule has 1 heterocycles. The first-order valence-corrected chi connectivity index (χ1v) is 6.55. The molecule has 2 N–H and O–H groups in total. The van der Waals surface area contributed by atoms with E-state index in [4.69, 9.17) is 15.2 Å². The first-order valence-electron chi connectivity index (χ1n) is 6.55. The predicted molar refractivity (Wildman–Crippen MR) is 74.4 cm³/mol. The van der Waals surface area contributed by atoms with Gasteiger partial charge in [0.1, 0.15) is 23.9 Å². The third-order valence-electron chi connectivity index (χ3n) is 3.51. The molecule has 0 bridgehead atoms. The summed E-state index contributed by atoms with van der Waals surface area (Å²) in [6.45, 7) is 2.23. The molecule has 0 aliphatic carbocycles. The maximum Gasteiger partial charge on any atom is 0.152 e. The molecule has 3 nitrogen and oxygen atoms in total. The molecule has 2 aromatic rings. The Bertz CT molecular complexity index is 630. The van der Waals surface area contributed by atoms with Crippen LogP contribution in [0.5, 0.6) is 11.5 Å².